The van der Waals surface area contributed by atoms with Gasteiger partial charge in [-0.1, -0.05) is 20.8 Å². The molecule has 0 aromatic rings. The number of rotatable bonds is 8. The van der Waals surface area contributed by atoms with Gasteiger partial charge in [0.1, 0.15) is 0 Å². The first kappa shape index (κ1) is 18.0. The number of carbonyl (C=O) groups is 2. The summed E-state index contributed by atoms with van der Waals surface area (Å²) in [6.07, 6.45) is 3.33. The lowest BCUT2D eigenvalue weighted by atomic mass is 9.84. The fourth-order valence-electron chi connectivity index (χ4n) is 2.89. The van der Waals surface area contributed by atoms with Crippen LogP contribution in [0.2, 0.25) is 0 Å². The Kier molecular flexibility index (Phi) is 6.65. The predicted molar refractivity (Wildman–Crippen MR) is 83.1 cm³/mol. The normalized spacial score (nSPS) is 24.2. The molecule has 1 rings (SSSR count). The molecule has 0 spiro atoms. The van der Waals surface area contributed by atoms with E-state index >= 15 is 0 Å². The van der Waals surface area contributed by atoms with Crippen molar-refractivity contribution >= 4 is 11.9 Å². The molecule has 0 bridgehead atoms. The Morgan fingerprint density at radius 2 is 1.95 bits per heavy atom. The molecule has 1 fully saturated rings. The van der Waals surface area contributed by atoms with Crippen LogP contribution in [0.4, 0.5) is 0 Å². The minimum atomic E-state index is -0.738. The standard InChI is InChI=1S/C16H30N2O3/c1-5-16(15(20)21)8-9-18(11-16)10-14(19)17-13(4)7-6-12(2)3/h12-13H,5-11H2,1-4H3,(H,17,19)(H,20,21). The molecule has 5 nitrogen and oxygen atoms in total. The minimum absolute atomic E-state index is 0.00329. The molecule has 1 aliphatic heterocycles. The van der Waals surface area contributed by atoms with Gasteiger partial charge in [0, 0.05) is 12.6 Å². The van der Waals surface area contributed by atoms with Crippen LogP contribution in [0.15, 0.2) is 0 Å². The van der Waals surface area contributed by atoms with Crippen LogP contribution >= 0.6 is 0 Å². The second kappa shape index (κ2) is 7.78. The number of hydrogen-bond acceptors (Lipinski definition) is 3. The molecule has 1 aliphatic rings. The van der Waals surface area contributed by atoms with E-state index in [0.29, 0.717) is 38.4 Å². The van der Waals surface area contributed by atoms with Crippen LogP contribution in [0.3, 0.4) is 0 Å². The average Bonchev–Trinajstić information content (AvgIpc) is 2.80. The number of nitrogens with zero attached hydrogens (tertiary/aromatic N) is 1. The van der Waals surface area contributed by atoms with Crippen molar-refractivity contribution in [1.82, 2.24) is 10.2 Å². The summed E-state index contributed by atoms with van der Waals surface area (Å²) in [6, 6.07) is 0.179. The van der Waals surface area contributed by atoms with E-state index in [1.165, 1.54) is 0 Å². The molecule has 122 valence electrons. The average molecular weight is 298 g/mol. The zero-order chi connectivity index (χ0) is 16.0. The van der Waals surface area contributed by atoms with E-state index in [0.717, 1.165) is 12.8 Å². The highest BCUT2D eigenvalue weighted by molar-refractivity contribution is 5.79. The lowest BCUT2D eigenvalue weighted by Gasteiger charge is -2.23. The summed E-state index contributed by atoms with van der Waals surface area (Å²) in [5.74, 6) is -0.0922. The smallest absolute Gasteiger partial charge is 0.310 e. The largest absolute Gasteiger partial charge is 0.481 e. The Bertz CT molecular complexity index is 371. The Morgan fingerprint density at radius 3 is 2.43 bits per heavy atom. The van der Waals surface area contributed by atoms with Crippen LogP contribution in [-0.4, -0.2) is 47.6 Å². The molecule has 5 heteroatoms. The third-order valence-electron chi connectivity index (χ3n) is 4.51. The number of carbonyl (C=O) groups excluding carboxylic acids is 1. The molecule has 0 aliphatic carbocycles. The highest BCUT2D eigenvalue weighted by Crippen LogP contribution is 2.33. The molecule has 0 saturated carbocycles. The van der Waals surface area contributed by atoms with Gasteiger partial charge in [0.25, 0.3) is 0 Å². The van der Waals surface area contributed by atoms with E-state index in [2.05, 4.69) is 19.2 Å². The molecule has 0 aromatic carbocycles. The second-order valence-corrected chi connectivity index (χ2v) is 6.84. The molecule has 0 radical (unpaired) electrons. The Hall–Kier alpha value is -1.10. The lowest BCUT2D eigenvalue weighted by molar-refractivity contribution is -0.148. The summed E-state index contributed by atoms with van der Waals surface area (Å²) in [4.78, 5) is 25.4. The van der Waals surface area contributed by atoms with E-state index in [9.17, 15) is 14.7 Å². The number of aliphatic carboxylic acids is 1. The van der Waals surface area contributed by atoms with E-state index in [1.54, 1.807) is 0 Å². The van der Waals surface area contributed by atoms with Crippen molar-refractivity contribution in [3.05, 3.63) is 0 Å². The first-order valence-corrected chi connectivity index (χ1v) is 8.04. The van der Waals surface area contributed by atoms with Crippen molar-refractivity contribution in [1.29, 1.82) is 0 Å². The molecule has 0 aromatic heterocycles. The van der Waals surface area contributed by atoms with Crippen molar-refractivity contribution in [2.24, 2.45) is 11.3 Å². The number of hydrogen-bond donors (Lipinski definition) is 2. The molecule has 2 unspecified atom stereocenters. The van der Waals surface area contributed by atoms with E-state index < -0.39 is 11.4 Å². The van der Waals surface area contributed by atoms with Crippen molar-refractivity contribution in [3.63, 3.8) is 0 Å². The first-order valence-electron chi connectivity index (χ1n) is 8.04. The molecular formula is C16H30N2O3. The van der Waals surface area contributed by atoms with Gasteiger partial charge in [-0.15, -0.1) is 0 Å². The monoisotopic (exact) mass is 298 g/mol. The van der Waals surface area contributed by atoms with Gasteiger partial charge in [-0.2, -0.15) is 0 Å². The summed E-state index contributed by atoms with van der Waals surface area (Å²) >= 11 is 0. The topological polar surface area (TPSA) is 69.6 Å². The van der Waals surface area contributed by atoms with Gasteiger partial charge in [-0.25, -0.2) is 0 Å². The third-order valence-corrected chi connectivity index (χ3v) is 4.51. The van der Waals surface area contributed by atoms with Crippen molar-refractivity contribution in [2.75, 3.05) is 19.6 Å². The fourth-order valence-corrected chi connectivity index (χ4v) is 2.89. The zero-order valence-corrected chi connectivity index (χ0v) is 13.8. The van der Waals surface area contributed by atoms with Crippen LogP contribution in [0, 0.1) is 11.3 Å². The molecule has 1 heterocycles. The maximum absolute atomic E-state index is 12.0. The number of likely N-dealkylation sites (tertiary alicyclic amines) is 1. The number of amides is 1. The van der Waals surface area contributed by atoms with Gasteiger partial charge in [0.2, 0.25) is 5.91 Å². The number of carboxylic acids is 1. The number of carboxylic acid groups (broad SMARTS) is 1. The molecule has 1 saturated heterocycles. The molecule has 21 heavy (non-hydrogen) atoms. The molecule has 2 N–H and O–H groups in total. The lowest BCUT2D eigenvalue weighted by Crippen LogP contribution is -2.42. The zero-order valence-electron chi connectivity index (χ0n) is 13.8. The van der Waals surface area contributed by atoms with Crippen LogP contribution in [0.1, 0.15) is 53.4 Å². The van der Waals surface area contributed by atoms with Crippen LogP contribution in [0.25, 0.3) is 0 Å². The van der Waals surface area contributed by atoms with Gasteiger partial charge < -0.3 is 10.4 Å². The third kappa shape index (κ3) is 5.30. The van der Waals surface area contributed by atoms with Gasteiger partial charge in [-0.05, 0) is 45.1 Å². The summed E-state index contributed by atoms with van der Waals surface area (Å²) < 4.78 is 0. The van der Waals surface area contributed by atoms with Crippen molar-refractivity contribution in [3.8, 4) is 0 Å². The highest BCUT2D eigenvalue weighted by Gasteiger charge is 2.43. The van der Waals surface area contributed by atoms with Crippen LogP contribution < -0.4 is 5.32 Å². The molecule has 1 amide bonds. The van der Waals surface area contributed by atoms with Gasteiger partial charge in [0.15, 0.2) is 0 Å². The minimum Gasteiger partial charge on any atom is -0.481 e. The Morgan fingerprint density at radius 1 is 1.29 bits per heavy atom. The highest BCUT2D eigenvalue weighted by atomic mass is 16.4. The second-order valence-electron chi connectivity index (χ2n) is 6.84. The Labute approximate surface area is 128 Å². The van der Waals surface area contributed by atoms with Gasteiger partial charge in [0.05, 0.1) is 12.0 Å². The van der Waals surface area contributed by atoms with Crippen LogP contribution in [-0.2, 0) is 9.59 Å². The van der Waals surface area contributed by atoms with Crippen molar-refractivity contribution in [2.45, 2.75) is 59.4 Å². The van der Waals surface area contributed by atoms with E-state index in [4.69, 9.17) is 0 Å². The maximum atomic E-state index is 12.0. The van der Waals surface area contributed by atoms with E-state index in [-0.39, 0.29) is 11.9 Å². The van der Waals surface area contributed by atoms with Crippen molar-refractivity contribution < 1.29 is 14.7 Å². The summed E-state index contributed by atoms with van der Waals surface area (Å²) in [6.45, 7) is 9.76. The fraction of sp³-hybridized carbons (Fsp3) is 0.875. The maximum Gasteiger partial charge on any atom is 0.310 e. The Balaban J connectivity index is 2.38. The molecular weight excluding hydrogens is 268 g/mol. The van der Waals surface area contributed by atoms with Gasteiger partial charge in [-0.3, -0.25) is 14.5 Å². The van der Waals surface area contributed by atoms with Crippen LogP contribution in [0.5, 0.6) is 0 Å². The molecule has 2 atom stereocenters. The first-order chi connectivity index (χ1) is 9.79. The summed E-state index contributed by atoms with van der Waals surface area (Å²) in [5.41, 5.74) is -0.663. The summed E-state index contributed by atoms with van der Waals surface area (Å²) in [5, 5.41) is 12.4. The summed E-state index contributed by atoms with van der Waals surface area (Å²) in [7, 11) is 0. The number of nitrogens with one attached hydrogen (secondary N) is 1. The van der Waals surface area contributed by atoms with E-state index in [1.807, 2.05) is 18.7 Å². The predicted octanol–water partition coefficient (Wildman–Crippen LogP) is 2.11. The quantitative estimate of drug-likeness (QED) is 0.720. The SMILES string of the molecule is CCC1(C(=O)O)CCN(CC(=O)NC(C)CCC(C)C)C1. The van der Waals surface area contributed by atoms with Gasteiger partial charge >= 0.3 is 5.97 Å².